The number of carbonyl (C=O) groups is 3. The molecular formula is C60H108O6. The largest absolute Gasteiger partial charge is 0.462 e. The van der Waals surface area contributed by atoms with Crippen molar-refractivity contribution >= 4 is 17.9 Å². The van der Waals surface area contributed by atoms with Crippen LogP contribution in [0.1, 0.15) is 297 Å². The van der Waals surface area contributed by atoms with E-state index < -0.39 is 6.10 Å². The summed E-state index contributed by atoms with van der Waals surface area (Å²) in [7, 11) is 0. The van der Waals surface area contributed by atoms with Gasteiger partial charge in [-0.05, 0) is 70.6 Å². The number of esters is 3. The van der Waals surface area contributed by atoms with Gasteiger partial charge in [-0.3, -0.25) is 14.4 Å². The highest BCUT2D eigenvalue weighted by Gasteiger charge is 2.19. The van der Waals surface area contributed by atoms with Crippen LogP contribution >= 0.6 is 0 Å². The highest BCUT2D eigenvalue weighted by atomic mass is 16.6. The molecule has 1 unspecified atom stereocenters. The van der Waals surface area contributed by atoms with Crippen LogP contribution in [-0.4, -0.2) is 37.2 Å². The quantitative estimate of drug-likeness (QED) is 0.0199. The molecule has 0 saturated carbocycles. The first-order valence-electron chi connectivity index (χ1n) is 28.7. The summed E-state index contributed by atoms with van der Waals surface area (Å²) in [5, 5.41) is 0. The van der Waals surface area contributed by atoms with E-state index in [1.807, 2.05) is 0 Å². The molecule has 0 aliphatic carbocycles. The first kappa shape index (κ1) is 63.4. The van der Waals surface area contributed by atoms with E-state index in [-0.39, 0.29) is 31.1 Å². The molecule has 0 aliphatic rings. The average Bonchev–Trinajstić information content (AvgIpc) is 3.31. The molecule has 0 aromatic rings. The van der Waals surface area contributed by atoms with E-state index in [1.54, 1.807) is 0 Å². The Bertz CT molecular complexity index is 1150. The molecule has 0 N–H and O–H groups in total. The third-order valence-corrected chi connectivity index (χ3v) is 12.6. The zero-order valence-electron chi connectivity index (χ0n) is 44.0. The highest BCUT2D eigenvalue weighted by Crippen LogP contribution is 2.16. The Hall–Kier alpha value is -2.63. The minimum absolute atomic E-state index is 0.0786. The predicted octanol–water partition coefficient (Wildman–Crippen LogP) is 19.0. The number of unbranched alkanes of at least 4 members (excludes halogenated alkanes) is 35. The highest BCUT2D eigenvalue weighted by molar-refractivity contribution is 5.71. The van der Waals surface area contributed by atoms with Crippen molar-refractivity contribution in [2.45, 2.75) is 303 Å². The Morgan fingerprint density at radius 1 is 0.303 bits per heavy atom. The van der Waals surface area contributed by atoms with Gasteiger partial charge in [-0.25, -0.2) is 0 Å². The molecule has 384 valence electrons. The molecular weight excluding hydrogens is 817 g/mol. The van der Waals surface area contributed by atoms with E-state index >= 15 is 0 Å². The van der Waals surface area contributed by atoms with Crippen LogP contribution < -0.4 is 0 Å². The van der Waals surface area contributed by atoms with Gasteiger partial charge in [0.1, 0.15) is 13.2 Å². The van der Waals surface area contributed by atoms with Crippen molar-refractivity contribution in [1.29, 1.82) is 0 Å². The molecule has 0 heterocycles. The molecule has 1 atom stereocenters. The van der Waals surface area contributed by atoms with Crippen molar-refractivity contribution in [2.75, 3.05) is 13.2 Å². The molecule has 0 fully saturated rings. The van der Waals surface area contributed by atoms with Crippen LogP contribution in [0, 0.1) is 0 Å². The second-order valence-electron chi connectivity index (χ2n) is 19.3. The number of rotatable bonds is 52. The van der Waals surface area contributed by atoms with E-state index in [2.05, 4.69) is 69.4 Å². The summed E-state index contributed by atoms with van der Waals surface area (Å²) in [5.74, 6) is -0.889. The maximum Gasteiger partial charge on any atom is 0.306 e. The monoisotopic (exact) mass is 925 g/mol. The Morgan fingerprint density at radius 2 is 0.561 bits per heavy atom. The van der Waals surface area contributed by atoms with Crippen molar-refractivity contribution in [2.24, 2.45) is 0 Å². The Balaban J connectivity index is 4.40. The Morgan fingerprint density at radius 3 is 0.894 bits per heavy atom. The van der Waals surface area contributed by atoms with Crippen LogP contribution in [0.5, 0.6) is 0 Å². The molecule has 0 amide bonds. The maximum absolute atomic E-state index is 12.8. The van der Waals surface area contributed by atoms with Gasteiger partial charge in [-0.2, -0.15) is 0 Å². The Kier molecular flexibility index (Phi) is 52.8. The van der Waals surface area contributed by atoms with Crippen molar-refractivity contribution in [3.8, 4) is 0 Å². The number of hydrogen-bond donors (Lipinski definition) is 0. The molecule has 0 aromatic heterocycles. The normalized spacial score (nSPS) is 12.3. The van der Waals surface area contributed by atoms with Gasteiger partial charge in [0, 0.05) is 19.3 Å². The lowest BCUT2D eigenvalue weighted by Crippen LogP contribution is -2.30. The van der Waals surface area contributed by atoms with Crippen molar-refractivity contribution in [3.05, 3.63) is 48.6 Å². The van der Waals surface area contributed by atoms with Gasteiger partial charge in [0.05, 0.1) is 0 Å². The zero-order chi connectivity index (χ0) is 47.9. The predicted molar refractivity (Wildman–Crippen MR) is 284 cm³/mol. The van der Waals surface area contributed by atoms with Gasteiger partial charge in [0.25, 0.3) is 0 Å². The molecule has 6 nitrogen and oxygen atoms in total. The molecule has 0 bridgehead atoms. The first-order chi connectivity index (χ1) is 32.5. The van der Waals surface area contributed by atoms with Gasteiger partial charge >= 0.3 is 17.9 Å². The van der Waals surface area contributed by atoms with Crippen LogP contribution in [0.2, 0.25) is 0 Å². The summed E-state index contributed by atoms with van der Waals surface area (Å²) in [6, 6.07) is 0. The summed E-state index contributed by atoms with van der Waals surface area (Å²) < 4.78 is 16.9. The molecule has 0 rings (SSSR count). The first-order valence-corrected chi connectivity index (χ1v) is 28.7. The summed E-state index contributed by atoms with van der Waals surface area (Å²) in [4.78, 5) is 38.1. The summed E-state index contributed by atoms with van der Waals surface area (Å²) in [5.41, 5.74) is 0. The van der Waals surface area contributed by atoms with E-state index in [0.29, 0.717) is 19.3 Å². The summed E-state index contributed by atoms with van der Waals surface area (Å²) in [6.45, 7) is 6.62. The fourth-order valence-corrected chi connectivity index (χ4v) is 8.26. The maximum atomic E-state index is 12.8. The van der Waals surface area contributed by atoms with Crippen LogP contribution in [0.4, 0.5) is 0 Å². The van der Waals surface area contributed by atoms with Crippen molar-refractivity contribution in [1.82, 2.24) is 0 Å². The number of allylic oxidation sites excluding steroid dienone is 8. The van der Waals surface area contributed by atoms with Gasteiger partial charge in [0.2, 0.25) is 0 Å². The molecule has 0 aliphatic heterocycles. The van der Waals surface area contributed by atoms with E-state index in [0.717, 1.165) is 77.0 Å². The van der Waals surface area contributed by atoms with Crippen LogP contribution in [-0.2, 0) is 28.6 Å². The number of carbonyl (C=O) groups excluding carboxylic acids is 3. The fraction of sp³-hybridized carbons (Fsp3) is 0.817. The van der Waals surface area contributed by atoms with Gasteiger partial charge in [0.15, 0.2) is 6.10 Å². The van der Waals surface area contributed by atoms with E-state index in [1.165, 1.54) is 180 Å². The fourth-order valence-electron chi connectivity index (χ4n) is 8.26. The molecule has 0 saturated heterocycles. The minimum atomic E-state index is -0.781. The minimum Gasteiger partial charge on any atom is -0.462 e. The van der Waals surface area contributed by atoms with Crippen LogP contribution in [0.25, 0.3) is 0 Å². The molecule has 66 heavy (non-hydrogen) atoms. The smallest absolute Gasteiger partial charge is 0.306 e. The third-order valence-electron chi connectivity index (χ3n) is 12.6. The lowest BCUT2D eigenvalue weighted by Gasteiger charge is -2.18. The average molecular weight is 926 g/mol. The topological polar surface area (TPSA) is 78.9 Å². The molecule has 6 heteroatoms. The van der Waals surface area contributed by atoms with E-state index in [4.69, 9.17) is 14.2 Å². The van der Waals surface area contributed by atoms with Gasteiger partial charge in [-0.1, -0.05) is 256 Å². The van der Waals surface area contributed by atoms with Gasteiger partial charge < -0.3 is 14.2 Å². The van der Waals surface area contributed by atoms with Crippen LogP contribution in [0.3, 0.4) is 0 Å². The van der Waals surface area contributed by atoms with Crippen LogP contribution in [0.15, 0.2) is 48.6 Å². The third kappa shape index (κ3) is 52.3. The number of hydrogen-bond acceptors (Lipinski definition) is 6. The second-order valence-corrected chi connectivity index (χ2v) is 19.3. The zero-order valence-corrected chi connectivity index (χ0v) is 44.0. The molecule has 0 aromatic carbocycles. The summed E-state index contributed by atoms with van der Waals surface area (Å²) >= 11 is 0. The van der Waals surface area contributed by atoms with Crippen molar-refractivity contribution < 1.29 is 28.6 Å². The Labute approximate surface area is 409 Å². The number of ether oxygens (including phenoxy) is 3. The lowest BCUT2D eigenvalue weighted by molar-refractivity contribution is -0.167. The SMILES string of the molecule is CCCCCC/C=C\CCCCCCCCCC(=O)OC(COC(=O)CCCCCCC\C=C/C=C\C=C/CCCCCCC)COC(=O)CCCCCCCCCCCCCCCCC. The van der Waals surface area contributed by atoms with Crippen molar-refractivity contribution in [3.63, 3.8) is 0 Å². The van der Waals surface area contributed by atoms with Gasteiger partial charge in [-0.15, -0.1) is 0 Å². The summed E-state index contributed by atoms with van der Waals surface area (Å²) in [6.07, 6.45) is 66.6. The molecule has 0 spiro atoms. The van der Waals surface area contributed by atoms with E-state index in [9.17, 15) is 14.4 Å². The lowest BCUT2D eigenvalue weighted by atomic mass is 10.0. The second kappa shape index (κ2) is 55.0. The molecule has 0 radical (unpaired) electrons. The standard InChI is InChI=1S/C60H108O6/c1-4-7-10-13-16-19-22-25-28-29-30-33-35-38-41-44-47-50-53-59(62)65-56-57(66-60(63)54-51-48-45-42-39-36-32-27-24-21-18-15-12-9-6-3)55-64-58(61)52-49-46-43-40-37-34-31-26-23-20-17-14-11-8-5-2/h21-22,24-25,28-30,33,57H,4-20,23,26-27,31-32,34-56H2,1-3H3/b24-21-,25-22-,29-28-,33-30-.